The van der Waals surface area contributed by atoms with Crippen LogP contribution in [0.3, 0.4) is 0 Å². The highest BCUT2D eigenvalue weighted by Gasteiger charge is 2.19. The van der Waals surface area contributed by atoms with Crippen molar-refractivity contribution >= 4 is 0 Å². The minimum atomic E-state index is -0.796. The average molecular weight is 289 g/mol. The van der Waals surface area contributed by atoms with Crippen molar-refractivity contribution in [3.63, 3.8) is 0 Å². The summed E-state index contributed by atoms with van der Waals surface area (Å²) in [5.41, 5.74) is 2.05. The first-order valence-corrected chi connectivity index (χ1v) is 7.34. The lowest BCUT2D eigenvalue weighted by molar-refractivity contribution is 0.454. The highest BCUT2D eigenvalue weighted by atomic mass is 19.2. The first-order valence-electron chi connectivity index (χ1n) is 7.34. The SMILES string of the molecule is CCNC(Cc1ccc(F)c(F)c1)C(C)c1ccccc1. The van der Waals surface area contributed by atoms with Crippen LogP contribution in [0.2, 0.25) is 0 Å². The number of nitrogens with one attached hydrogen (secondary N) is 1. The molecular weight excluding hydrogens is 268 g/mol. The van der Waals surface area contributed by atoms with Crippen molar-refractivity contribution in [1.82, 2.24) is 5.32 Å². The molecule has 2 unspecified atom stereocenters. The van der Waals surface area contributed by atoms with Gasteiger partial charge in [0.25, 0.3) is 0 Å². The fourth-order valence-corrected chi connectivity index (χ4v) is 2.60. The molecule has 0 amide bonds. The van der Waals surface area contributed by atoms with Crippen molar-refractivity contribution in [3.8, 4) is 0 Å². The standard InChI is InChI=1S/C18H21F2N/c1-3-21-18(13(2)15-7-5-4-6-8-15)12-14-9-10-16(19)17(20)11-14/h4-11,13,18,21H,3,12H2,1-2H3. The largest absolute Gasteiger partial charge is 0.313 e. The molecule has 2 atom stereocenters. The van der Waals surface area contributed by atoms with E-state index in [9.17, 15) is 8.78 Å². The molecule has 21 heavy (non-hydrogen) atoms. The quantitative estimate of drug-likeness (QED) is 0.836. The molecule has 0 aliphatic carbocycles. The first-order chi connectivity index (χ1) is 10.1. The lowest BCUT2D eigenvalue weighted by Crippen LogP contribution is -2.35. The molecule has 0 saturated carbocycles. The molecule has 1 N–H and O–H groups in total. The molecule has 112 valence electrons. The average Bonchev–Trinajstić information content (AvgIpc) is 2.50. The third-order valence-electron chi connectivity index (χ3n) is 3.83. The van der Waals surface area contributed by atoms with E-state index in [0.29, 0.717) is 12.3 Å². The minimum absolute atomic E-state index is 0.183. The summed E-state index contributed by atoms with van der Waals surface area (Å²) in [6, 6.07) is 14.5. The number of likely N-dealkylation sites (N-methyl/N-ethyl adjacent to an activating group) is 1. The van der Waals surface area contributed by atoms with Gasteiger partial charge in [-0.15, -0.1) is 0 Å². The normalized spacial score (nSPS) is 13.9. The van der Waals surface area contributed by atoms with Crippen LogP contribution in [0.4, 0.5) is 8.78 Å². The second-order valence-electron chi connectivity index (χ2n) is 5.32. The van der Waals surface area contributed by atoms with Crippen LogP contribution in [0.15, 0.2) is 48.5 Å². The molecular formula is C18H21F2N. The molecule has 1 nitrogen and oxygen atoms in total. The van der Waals surface area contributed by atoms with E-state index in [-0.39, 0.29) is 6.04 Å². The molecule has 2 aromatic rings. The molecule has 2 rings (SSSR count). The molecule has 0 spiro atoms. The number of hydrogen-bond donors (Lipinski definition) is 1. The predicted molar refractivity (Wildman–Crippen MR) is 82.4 cm³/mol. The maximum atomic E-state index is 13.3. The van der Waals surface area contributed by atoms with E-state index in [1.54, 1.807) is 6.07 Å². The van der Waals surface area contributed by atoms with Gasteiger partial charge in [0, 0.05) is 6.04 Å². The molecule has 0 saturated heterocycles. The van der Waals surface area contributed by atoms with Crippen molar-refractivity contribution in [1.29, 1.82) is 0 Å². The van der Waals surface area contributed by atoms with Crippen LogP contribution in [-0.2, 0) is 6.42 Å². The molecule has 0 bridgehead atoms. The van der Waals surface area contributed by atoms with Gasteiger partial charge in [-0.05, 0) is 42.1 Å². The van der Waals surface area contributed by atoms with Gasteiger partial charge in [-0.25, -0.2) is 8.78 Å². The zero-order chi connectivity index (χ0) is 15.2. The van der Waals surface area contributed by atoms with Gasteiger partial charge in [0.1, 0.15) is 0 Å². The lowest BCUT2D eigenvalue weighted by Gasteiger charge is -2.25. The van der Waals surface area contributed by atoms with Gasteiger partial charge in [0.2, 0.25) is 0 Å². The molecule has 0 heterocycles. The highest BCUT2D eigenvalue weighted by molar-refractivity contribution is 5.24. The summed E-state index contributed by atoms with van der Waals surface area (Å²) in [5.74, 6) is -1.29. The summed E-state index contributed by atoms with van der Waals surface area (Å²) in [6.45, 7) is 5.05. The second kappa shape index (κ2) is 7.32. The Morgan fingerprint density at radius 2 is 1.71 bits per heavy atom. The molecule has 0 aliphatic rings. The van der Waals surface area contributed by atoms with E-state index < -0.39 is 11.6 Å². The molecule has 0 fully saturated rings. The van der Waals surface area contributed by atoms with Crippen molar-refractivity contribution in [2.24, 2.45) is 0 Å². The van der Waals surface area contributed by atoms with Gasteiger partial charge in [0.15, 0.2) is 11.6 Å². The van der Waals surface area contributed by atoms with E-state index in [4.69, 9.17) is 0 Å². The lowest BCUT2D eigenvalue weighted by atomic mass is 9.89. The van der Waals surface area contributed by atoms with E-state index in [1.165, 1.54) is 17.7 Å². The smallest absolute Gasteiger partial charge is 0.159 e. The van der Waals surface area contributed by atoms with Crippen LogP contribution in [0, 0.1) is 11.6 Å². The van der Waals surface area contributed by atoms with Crippen LogP contribution in [0.5, 0.6) is 0 Å². The van der Waals surface area contributed by atoms with Gasteiger partial charge in [0.05, 0.1) is 0 Å². The molecule has 0 aliphatic heterocycles. The van der Waals surface area contributed by atoms with Gasteiger partial charge in [-0.1, -0.05) is 50.2 Å². The third kappa shape index (κ3) is 4.11. The number of hydrogen-bond acceptors (Lipinski definition) is 1. The summed E-state index contributed by atoms with van der Waals surface area (Å²) < 4.78 is 26.4. The highest BCUT2D eigenvalue weighted by Crippen LogP contribution is 2.22. The Labute approximate surface area is 125 Å². The maximum Gasteiger partial charge on any atom is 0.159 e. The number of benzene rings is 2. The Hall–Kier alpha value is -1.74. The molecule has 2 aromatic carbocycles. The fraction of sp³-hybridized carbons (Fsp3) is 0.333. The Morgan fingerprint density at radius 1 is 1.00 bits per heavy atom. The van der Waals surface area contributed by atoms with E-state index >= 15 is 0 Å². The Balaban J connectivity index is 2.16. The van der Waals surface area contributed by atoms with Crippen LogP contribution in [0.1, 0.15) is 30.9 Å². The summed E-state index contributed by atoms with van der Waals surface area (Å²) in [6.07, 6.45) is 0.668. The summed E-state index contributed by atoms with van der Waals surface area (Å²) in [5, 5.41) is 3.45. The topological polar surface area (TPSA) is 12.0 Å². The fourth-order valence-electron chi connectivity index (χ4n) is 2.60. The predicted octanol–water partition coefficient (Wildman–Crippen LogP) is 4.29. The van der Waals surface area contributed by atoms with Gasteiger partial charge < -0.3 is 5.32 Å². The van der Waals surface area contributed by atoms with Crippen LogP contribution < -0.4 is 5.32 Å². The Morgan fingerprint density at radius 3 is 2.33 bits per heavy atom. The number of rotatable bonds is 6. The summed E-state index contributed by atoms with van der Waals surface area (Å²) in [4.78, 5) is 0. The van der Waals surface area contributed by atoms with Crippen LogP contribution in [-0.4, -0.2) is 12.6 Å². The summed E-state index contributed by atoms with van der Waals surface area (Å²) in [7, 11) is 0. The molecule has 0 radical (unpaired) electrons. The number of halogens is 2. The first kappa shape index (κ1) is 15.6. The Bertz CT molecular complexity index is 569. The Kier molecular flexibility index (Phi) is 5.45. The van der Waals surface area contributed by atoms with E-state index in [0.717, 1.165) is 12.1 Å². The maximum absolute atomic E-state index is 13.3. The monoisotopic (exact) mass is 289 g/mol. The van der Waals surface area contributed by atoms with Crippen molar-refractivity contribution in [2.75, 3.05) is 6.54 Å². The summed E-state index contributed by atoms with van der Waals surface area (Å²) >= 11 is 0. The van der Waals surface area contributed by atoms with E-state index in [1.807, 2.05) is 18.2 Å². The minimum Gasteiger partial charge on any atom is -0.313 e. The zero-order valence-corrected chi connectivity index (χ0v) is 12.4. The second-order valence-corrected chi connectivity index (χ2v) is 5.32. The van der Waals surface area contributed by atoms with Crippen LogP contribution >= 0.6 is 0 Å². The van der Waals surface area contributed by atoms with Crippen LogP contribution in [0.25, 0.3) is 0 Å². The van der Waals surface area contributed by atoms with Gasteiger partial charge >= 0.3 is 0 Å². The molecule has 0 aromatic heterocycles. The molecule has 3 heteroatoms. The van der Waals surface area contributed by atoms with Gasteiger partial charge in [-0.2, -0.15) is 0 Å². The van der Waals surface area contributed by atoms with Crippen molar-refractivity contribution in [2.45, 2.75) is 32.2 Å². The van der Waals surface area contributed by atoms with Crippen molar-refractivity contribution < 1.29 is 8.78 Å². The van der Waals surface area contributed by atoms with Crippen molar-refractivity contribution in [3.05, 3.63) is 71.3 Å². The van der Waals surface area contributed by atoms with E-state index in [2.05, 4.69) is 31.3 Å². The van der Waals surface area contributed by atoms with Gasteiger partial charge in [-0.3, -0.25) is 0 Å². The third-order valence-corrected chi connectivity index (χ3v) is 3.83. The zero-order valence-electron chi connectivity index (χ0n) is 12.4.